The van der Waals surface area contributed by atoms with Crippen LogP contribution in [-0.2, 0) is 0 Å². The molecule has 5 nitrogen and oxygen atoms in total. The molecule has 4 rings (SSSR count). The molecule has 1 aliphatic heterocycles. The van der Waals surface area contributed by atoms with Crippen molar-refractivity contribution < 1.29 is 19.4 Å². The average Bonchev–Trinajstić information content (AvgIpc) is 2.77. The highest BCUT2D eigenvalue weighted by atomic mass is 35.5. The molecule has 0 aromatic heterocycles. The number of aliphatic hydroxyl groups is 1. The molecule has 1 amide bonds. The van der Waals surface area contributed by atoms with Crippen molar-refractivity contribution in [2.45, 2.75) is 43.7 Å². The first-order chi connectivity index (χ1) is 14.5. The second kappa shape index (κ2) is 8.48. The lowest BCUT2D eigenvalue weighted by atomic mass is 9.66. The standard InChI is InChI=1S/C24H28ClNO4/c1-29-16-10-11-21(30-2)18(15-16)22-19-8-5-6-12-24(19,28)13-14-26(22)23(27)17-7-3-4-9-20(17)25/h3-4,7,9-11,15,19,22,28H,5-6,8,12-14H2,1-2H3. The molecule has 2 fully saturated rings. The summed E-state index contributed by atoms with van der Waals surface area (Å²) in [6, 6.07) is 12.4. The summed E-state index contributed by atoms with van der Waals surface area (Å²) in [7, 11) is 3.25. The van der Waals surface area contributed by atoms with Gasteiger partial charge in [0.25, 0.3) is 5.91 Å². The summed E-state index contributed by atoms with van der Waals surface area (Å²) < 4.78 is 11.1. The molecule has 6 heteroatoms. The number of ether oxygens (including phenoxy) is 2. The summed E-state index contributed by atoms with van der Waals surface area (Å²) in [5.41, 5.74) is 0.559. The second-order valence-corrected chi connectivity index (χ2v) is 8.64. The largest absolute Gasteiger partial charge is 0.497 e. The van der Waals surface area contributed by atoms with Crippen molar-refractivity contribution >= 4 is 17.5 Å². The van der Waals surface area contributed by atoms with Gasteiger partial charge in [0.1, 0.15) is 11.5 Å². The lowest BCUT2D eigenvalue weighted by molar-refractivity contribution is -0.115. The number of halogens is 1. The monoisotopic (exact) mass is 429 g/mol. The van der Waals surface area contributed by atoms with Gasteiger partial charge in [0.2, 0.25) is 0 Å². The summed E-state index contributed by atoms with van der Waals surface area (Å²) >= 11 is 6.36. The number of benzene rings is 2. The fourth-order valence-electron chi connectivity index (χ4n) is 5.15. The maximum atomic E-state index is 13.6. The van der Waals surface area contributed by atoms with Crippen LogP contribution in [-0.4, -0.2) is 42.3 Å². The lowest BCUT2D eigenvalue weighted by Crippen LogP contribution is -2.56. The normalized spacial score (nSPS) is 26.1. The number of hydrogen-bond acceptors (Lipinski definition) is 4. The van der Waals surface area contributed by atoms with Crippen molar-refractivity contribution in [2.24, 2.45) is 5.92 Å². The number of fused-ring (bicyclic) bond motifs is 1. The van der Waals surface area contributed by atoms with E-state index >= 15 is 0 Å². The molecule has 160 valence electrons. The van der Waals surface area contributed by atoms with E-state index in [2.05, 4.69) is 0 Å². The zero-order chi connectivity index (χ0) is 21.3. The minimum absolute atomic E-state index is 0.0764. The Hall–Kier alpha value is -2.24. The van der Waals surface area contributed by atoms with Crippen molar-refractivity contribution in [3.05, 3.63) is 58.6 Å². The molecular weight excluding hydrogens is 402 g/mol. The Balaban J connectivity index is 1.84. The first-order valence-corrected chi connectivity index (χ1v) is 10.9. The van der Waals surface area contributed by atoms with Gasteiger partial charge in [-0.25, -0.2) is 0 Å². The van der Waals surface area contributed by atoms with Gasteiger partial charge >= 0.3 is 0 Å². The number of methoxy groups -OCH3 is 2. The molecule has 3 atom stereocenters. The maximum Gasteiger partial charge on any atom is 0.255 e. The number of amides is 1. The third-order valence-electron chi connectivity index (χ3n) is 6.69. The van der Waals surface area contributed by atoms with Gasteiger partial charge in [0.15, 0.2) is 0 Å². The lowest BCUT2D eigenvalue weighted by Gasteiger charge is -2.52. The number of carbonyl (C=O) groups excluding carboxylic acids is 1. The number of nitrogens with zero attached hydrogens (tertiary/aromatic N) is 1. The van der Waals surface area contributed by atoms with Gasteiger partial charge in [0.05, 0.1) is 36.4 Å². The summed E-state index contributed by atoms with van der Waals surface area (Å²) in [4.78, 5) is 15.5. The number of rotatable bonds is 4. The molecule has 0 spiro atoms. The molecule has 1 saturated heterocycles. The smallest absolute Gasteiger partial charge is 0.255 e. The molecule has 2 aromatic rings. The van der Waals surface area contributed by atoms with Crippen LogP contribution in [0.25, 0.3) is 0 Å². The van der Waals surface area contributed by atoms with Crippen LogP contribution in [0.5, 0.6) is 11.5 Å². The zero-order valence-electron chi connectivity index (χ0n) is 17.4. The number of likely N-dealkylation sites (tertiary alicyclic amines) is 1. The van der Waals surface area contributed by atoms with Crippen molar-refractivity contribution in [3.8, 4) is 11.5 Å². The Morgan fingerprint density at radius 2 is 1.93 bits per heavy atom. The van der Waals surface area contributed by atoms with Crippen molar-refractivity contribution in [1.82, 2.24) is 4.90 Å². The molecule has 2 aliphatic rings. The Morgan fingerprint density at radius 3 is 2.67 bits per heavy atom. The van der Waals surface area contributed by atoms with E-state index in [1.807, 2.05) is 35.2 Å². The van der Waals surface area contributed by atoms with E-state index in [1.54, 1.807) is 26.4 Å². The molecule has 3 unspecified atom stereocenters. The maximum absolute atomic E-state index is 13.6. The molecule has 1 heterocycles. The zero-order valence-corrected chi connectivity index (χ0v) is 18.2. The van der Waals surface area contributed by atoms with Gasteiger partial charge < -0.3 is 19.5 Å². The van der Waals surface area contributed by atoms with Crippen LogP contribution in [0.4, 0.5) is 0 Å². The quantitative estimate of drug-likeness (QED) is 0.753. The number of piperidine rings is 1. The van der Waals surface area contributed by atoms with Crippen LogP contribution >= 0.6 is 11.6 Å². The molecule has 1 saturated carbocycles. The van der Waals surface area contributed by atoms with Crippen molar-refractivity contribution in [2.75, 3.05) is 20.8 Å². The predicted octanol–water partition coefficient (Wildman–Crippen LogP) is 4.87. The minimum Gasteiger partial charge on any atom is -0.497 e. The van der Waals surface area contributed by atoms with Crippen molar-refractivity contribution in [3.63, 3.8) is 0 Å². The van der Waals surface area contributed by atoms with E-state index in [1.165, 1.54) is 0 Å². The van der Waals surface area contributed by atoms with E-state index in [-0.39, 0.29) is 17.9 Å². The Labute approximate surface area is 182 Å². The van der Waals surface area contributed by atoms with E-state index in [0.29, 0.717) is 35.1 Å². The minimum atomic E-state index is -0.783. The second-order valence-electron chi connectivity index (χ2n) is 8.24. The SMILES string of the molecule is COc1ccc(OC)c(C2C3CCCCC3(O)CCN2C(=O)c2ccccc2Cl)c1. The first kappa shape index (κ1) is 21.0. The van der Waals surface area contributed by atoms with Crippen LogP contribution < -0.4 is 9.47 Å². The van der Waals surface area contributed by atoms with Crippen LogP contribution in [0, 0.1) is 5.92 Å². The summed E-state index contributed by atoms with van der Waals surface area (Å²) in [6.07, 6.45) is 4.22. The number of carbonyl (C=O) groups is 1. The van der Waals surface area contributed by atoms with Crippen LogP contribution in [0.1, 0.15) is 54.1 Å². The van der Waals surface area contributed by atoms with Gasteiger partial charge in [-0.3, -0.25) is 4.79 Å². The fraction of sp³-hybridized carbons (Fsp3) is 0.458. The van der Waals surface area contributed by atoms with Gasteiger partial charge in [-0.05, 0) is 49.6 Å². The Bertz CT molecular complexity index is 933. The van der Waals surface area contributed by atoms with E-state index < -0.39 is 5.60 Å². The molecule has 2 aromatic carbocycles. The summed E-state index contributed by atoms with van der Waals surface area (Å²) in [6.45, 7) is 0.460. The molecular formula is C24H28ClNO4. The van der Waals surface area contributed by atoms with Crippen LogP contribution in [0.15, 0.2) is 42.5 Å². The first-order valence-electron chi connectivity index (χ1n) is 10.5. The highest BCUT2D eigenvalue weighted by molar-refractivity contribution is 6.33. The topological polar surface area (TPSA) is 59.0 Å². The van der Waals surface area contributed by atoms with Gasteiger partial charge in [0, 0.05) is 18.0 Å². The number of hydrogen-bond donors (Lipinski definition) is 1. The molecule has 30 heavy (non-hydrogen) atoms. The molecule has 0 bridgehead atoms. The van der Waals surface area contributed by atoms with Crippen LogP contribution in [0.2, 0.25) is 5.02 Å². The molecule has 0 radical (unpaired) electrons. The van der Waals surface area contributed by atoms with E-state index in [4.69, 9.17) is 21.1 Å². The summed E-state index contributed by atoms with van der Waals surface area (Å²) in [5, 5.41) is 11.9. The molecule has 1 aliphatic carbocycles. The Kier molecular flexibility index (Phi) is 5.94. The van der Waals surface area contributed by atoms with E-state index in [9.17, 15) is 9.90 Å². The molecule has 1 N–H and O–H groups in total. The van der Waals surface area contributed by atoms with Gasteiger partial charge in [-0.1, -0.05) is 36.6 Å². The predicted molar refractivity (Wildman–Crippen MR) is 116 cm³/mol. The third kappa shape index (κ3) is 3.65. The highest BCUT2D eigenvalue weighted by Gasteiger charge is 2.51. The summed E-state index contributed by atoms with van der Waals surface area (Å²) in [5.74, 6) is 1.18. The van der Waals surface area contributed by atoms with Gasteiger partial charge in [-0.15, -0.1) is 0 Å². The van der Waals surface area contributed by atoms with Crippen molar-refractivity contribution in [1.29, 1.82) is 0 Å². The highest BCUT2D eigenvalue weighted by Crippen LogP contribution is 2.51. The fourth-order valence-corrected chi connectivity index (χ4v) is 5.37. The third-order valence-corrected chi connectivity index (χ3v) is 7.02. The van der Waals surface area contributed by atoms with Gasteiger partial charge in [-0.2, -0.15) is 0 Å². The van der Waals surface area contributed by atoms with Crippen LogP contribution in [0.3, 0.4) is 0 Å². The van der Waals surface area contributed by atoms with E-state index in [0.717, 1.165) is 31.2 Å². The average molecular weight is 430 g/mol. The Morgan fingerprint density at radius 1 is 1.13 bits per heavy atom.